The minimum atomic E-state index is -0.555. The van der Waals surface area contributed by atoms with Crippen molar-refractivity contribution in [3.63, 3.8) is 0 Å². The molecule has 0 aliphatic carbocycles. The number of aliphatic imine (C=N–C) groups is 1. The Morgan fingerprint density at radius 3 is 2.35 bits per heavy atom. The van der Waals surface area contributed by atoms with Crippen LogP contribution in [0.4, 0.5) is 17.1 Å². The van der Waals surface area contributed by atoms with Crippen LogP contribution in [0.25, 0.3) is 0 Å². The van der Waals surface area contributed by atoms with Gasteiger partial charge < -0.3 is 15.1 Å². The van der Waals surface area contributed by atoms with Gasteiger partial charge in [0.1, 0.15) is 17.2 Å². The fourth-order valence-electron chi connectivity index (χ4n) is 2.62. The third-order valence-electron chi connectivity index (χ3n) is 3.88. The summed E-state index contributed by atoms with van der Waals surface area (Å²) >= 11 is 0. The normalized spacial score (nSPS) is 11.0. The van der Waals surface area contributed by atoms with Gasteiger partial charge in [0.15, 0.2) is 0 Å². The largest absolute Gasteiger partial charge is 0.507 e. The van der Waals surface area contributed by atoms with E-state index in [1.807, 2.05) is 6.07 Å². The van der Waals surface area contributed by atoms with Crippen molar-refractivity contribution in [3.05, 3.63) is 52.1 Å². The van der Waals surface area contributed by atoms with Crippen LogP contribution in [0.2, 0.25) is 0 Å². The van der Waals surface area contributed by atoms with Gasteiger partial charge in [-0.05, 0) is 31.0 Å². The average molecular weight is 357 g/mol. The Bertz CT molecular complexity index is 799. The molecule has 7 nitrogen and oxygen atoms in total. The van der Waals surface area contributed by atoms with Gasteiger partial charge in [-0.25, -0.2) is 0 Å². The molecule has 26 heavy (non-hydrogen) atoms. The van der Waals surface area contributed by atoms with Crippen molar-refractivity contribution < 1.29 is 15.1 Å². The number of non-ortho nitro benzene ring substituents is 1. The molecule has 0 atom stereocenters. The van der Waals surface area contributed by atoms with Gasteiger partial charge in [-0.3, -0.25) is 15.1 Å². The smallest absolute Gasteiger partial charge is 0.271 e. The lowest BCUT2D eigenvalue weighted by Crippen LogP contribution is -2.24. The number of benzene rings is 2. The molecule has 0 aliphatic heterocycles. The van der Waals surface area contributed by atoms with E-state index in [1.54, 1.807) is 12.1 Å². The quantitative estimate of drug-likeness (QED) is 0.415. The SMILES string of the molecule is CCCN(CCC)c1ccc(C=Nc2cc([N+](=O)[O-])ccc2O)c(O)c1. The second kappa shape index (κ2) is 8.84. The molecular formula is C19H23N3O4. The summed E-state index contributed by atoms with van der Waals surface area (Å²) in [6.07, 6.45) is 3.40. The standard InChI is InChI=1S/C19H23N3O4/c1-3-9-21(10-4-2)15-6-5-14(19(24)12-15)13-20-17-11-16(22(25)26)7-8-18(17)23/h5-8,11-13,23-24H,3-4,9-10H2,1-2H3. The molecule has 0 saturated heterocycles. The highest BCUT2D eigenvalue weighted by molar-refractivity contribution is 5.87. The second-order valence-corrected chi connectivity index (χ2v) is 5.92. The Balaban J connectivity index is 2.26. The summed E-state index contributed by atoms with van der Waals surface area (Å²) in [6.45, 7) is 6.02. The monoisotopic (exact) mass is 357 g/mol. The molecule has 0 fully saturated rings. The van der Waals surface area contributed by atoms with Crippen molar-refractivity contribution in [2.45, 2.75) is 26.7 Å². The van der Waals surface area contributed by atoms with E-state index in [4.69, 9.17) is 0 Å². The molecule has 2 N–H and O–H groups in total. The van der Waals surface area contributed by atoms with E-state index in [0.29, 0.717) is 5.56 Å². The van der Waals surface area contributed by atoms with Crippen LogP contribution in [-0.2, 0) is 0 Å². The lowest BCUT2D eigenvalue weighted by molar-refractivity contribution is -0.384. The highest BCUT2D eigenvalue weighted by atomic mass is 16.6. The van der Waals surface area contributed by atoms with Crippen LogP contribution in [0.15, 0.2) is 41.4 Å². The van der Waals surface area contributed by atoms with Gasteiger partial charge in [0.2, 0.25) is 0 Å². The number of phenols is 2. The highest BCUT2D eigenvalue weighted by Gasteiger charge is 2.10. The zero-order valence-electron chi connectivity index (χ0n) is 14.9. The maximum atomic E-state index is 10.8. The number of hydrogen-bond donors (Lipinski definition) is 2. The van der Waals surface area contributed by atoms with E-state index in [-0.39, 0.29) is 22.9 Å². The summed E-state index contributed by atoms with van der Waals surface area (Å²) in [5, 5.41) is 30.9. The molecule has 2 aromatic rings. The Labute approximate surface area is 152 Å². The summed E-state index contributed by atoms with van der Waals surface area (Å²) in [4.78, 5) is 16.5. The lowest BCUT2D eigenvalue weighted by Gasteiger charge is -2.24. The number of nitro benzene ring substituents is 1. The van der Waals surface area contributed by atoms with Crippen LogP contribution in [0.3, 0.4) is 0 Å². The van der Waals surface area contributed by atoms with Crippen LogP contribution >= 0.6 is 0 Å². The third kappa shape index (κ3) is 4.72. The van der Waals surface area contributed by atoms with Gasteiger partial charge in [-0.15, -0.1) is 0 Å². The molecule has 0 bridgehead atoms. The summed E-state index contributed by atoms with van der Waals surface area (Å²) in [5.41, 5.74) is 1.31. The van der Waals surface area contributed by atoms with Crippen LogP contribution in [0, 0.1) is 10.1 Å². The molecule has 0 spiro atoms. The van der Waals surface area contributed by atoms with E-state index < -0.39 is 4.92 Å². The number of aromatic hydroxyl groups is 2. The molecule has 0 unspecified atom stereocenters. The van der Waals surface area contributed by atoms with Crippen LogP contribution in [0.5, 0.6) is 11.5 Å². The predicted octanol–water partition coefficient (Wildman–Crippen LogP) is 4.38. The maximum Gasteiger partial charge on any atom is 0.271 e. The van der Waals surface area contributed by atoms with Gasteiger partial charge in [0, 0.05) is 48.8 Å². The van der Waals surface area contributed by atoms with Crippen molar-refractivity contribution in [1.82, 2.24) is 0 Å². The van der Waals surface area contributed by atoms with Crippen molar-refractivity contribution in [1.29, 1.82) is 0 Å². The number of hydrogen-bond acceptors (Lipinski definition) is 6. The topological polar surface area (TPSA) is 99.2 Å². The summed E-state index contributed by atoms with van der Waals surface area (Å²) in [5.74, 6) is -0.103. The molecule has 138 valence electrons. The van der Waals surface area contributed by atoms with Gasteiger partial charge in [0.25, 0.3) is 5.69 Å². The van der Waals surface area contributed by atoms with E-state index in [2.05, 4.69) is 23.7 Å². The Hall–Kier alpha value is -3.09. The third-order valence-corrected chi connectivity index (χ3v) is 3.88. The molecule has 0 radical (unpaired) electrons. The first-order valence-corrected chi connectivity index (χ1v) is 8.55. The zero-order chi connectivity index (χ0) is 19.1. The molecule has 2 aromatic carbocycles. The van der Waals surface area contributed by atoms with Crippen LogP contribution in [0.1, 0.15) is 32.3 Å². The molecule has 2 rings (SSSR count). The highest BCUT2D eigenvalue weighted by Crippen LogP contribution is 2.31. The molecule has 0 saturated carbocycles. The Kier molecular flexibility index (Phi) is 6.54. The van der Waals surface area contributed by atoms with E-state index in [0.717, 1.165) is 31.6 Å². The number of nitrogens with zero attached hydrogens (tertiary/aromatic N) is 3. The second-order valence-electron chi connectivity index (χ2n) is 5.92. The fourth-order valence-corrected chi connectivity index (χ4v) is 2.62. The minimum Gasteiger partial charge on any atom is -0.507 e. The number of rotatable bonds is 8. The van der Waals surface area contributed by atoms with Crippen molar-refractivity contribution in [3.8, 4) is 11.5 Å². The van der Waals surface area contributed by atoms with E-state index in [1.165, 1.54) is 24.4 Å². The van der Waals surface area contributed by atoms with Gasteiger partial charge in [0.05, 0.1) is 4.92 Å². The fraction of sp³-hybridized carbons (Fsp3) is 0.316. The summed E-state index contributed by atoms with van der Waals surface area (Å²) in [6, 6.07) is 8.93. The first kappa shape index (κ1) is 19.2. The van der Waals surface area contributed by atoms with Crippen molar-refractivity contribution >= 4 is 23.3 Å². The number of nitro groups is 1. The van der Waals surface area contributed by atoms with Crippen LogP contribution in [-0.4, -0.2) is 34.4 Å². The Morgan fingerprint density at radius 1 is 1.08 bits per heavy atom. The molecule has 0 aliphatic rings. The maximum absolute atomic E-state index is 10.8. The van der Waals surface area contributed by atoms with Crippen LogP contribution < -0.4 is 4.90 Å². The Morgan fingerprint density at radius 2 is 1.77 bits per heavy atom. The van der Waals surface area contributed by atoms with Crippen molar-refractivity contribution in [2.75, 3.05) is 18.0 Å². The summed E-state index contributed by atoms with van der Waals surface area (Å²) in [7, 11) is 0. The van der Waals surface area contributed by atoms with Gasteiger partial charge in [-0.2, -0.15) is 0 Å². The van der Waals surface area contributed by atoms with Gasteiger partial charge >= 0.3 is 0 Å². The number of anilines is 1. The molecule has 0 amide bonds. The molecular weight excluding hydrogens is 334 g/mol. The zero-order valence-corrected chi connectivity index (χ0v) is 14.9. The molecule has 0 heterocycles. The average Bonchev–Trinajstić information content (AvgIpc) is 2.61. The lowest BCUT2D eigenvalue weighted by atomic mass is 10.1. The van der Waals surface area contributed by atoms with Gasteiger partial charge in [-0.1, -0.05) is 13.8 Å². The predicted molar refractivity (Wildman–Crippen MR) is 103 cm³/mol. The first-order valence-electron chi connectivity index (χ1n) is 8.55. The first-order chi connectivity index (χ1) is 12.5. The van der Waals surface area contributed by atoms with E-state index >= 15 is 0 Å². The summed E-state index contributed by atoms with van der Waals surface area (Å²) < 4.78 is 0. The molecule has 0 aromatic heterocycles. The number of phenolic OH excluding ortho intramolecular Hbond substituents is 2. The van der Waals surface area contributed by atoms with E-state index in [9.17, 15) is 20.3 Å². The minimum absolute atomic E-state index is 0.0633. The molecule has 7 heteroatoms. The van der Waals surface area contributed by atoms with Crippen molar-refractivity contribution in [2.24, 2.45) is 4.99 Å².